The zero-order chi connectivity index (χ0) is 21.2. The number of fused-ring (bicyclic) bond motifs is 1. The SMILES string of the molecule is COc1cc(C=Cc2nc3n(n2)CC[C@H](c2ccccc2)C3)ccc1-n1cnc(C)c1. The Hall–Kier alpha value is -3.67. The van der Waals surface area contributed by atoms with E-state index in [9.17, 15) is 0 Å². The first-order chi connectivity index (χ1) is 15.2. The lowest BCUT2D eigenvalue weighted by Gasteiger charge is -2.22. The topological polar surface area (TPSA) is 57.8 Å². The van der Waals surface area contributed by atoms with Crippen LogP contribution in [-0.4, -0.2) is 31.4 Å². The molecule has 0 saturated carbocycles. The van der Waals surface area contributed by atoms with E-state index in [2.05, 4.69) is 46.5 Å². The number of aryl methyl sites for hydroxylation is 2. The van der Waals surface area contributed by atoms with E-state index in [4.69, 9.17) is 9.72 Å². The zero-order valence-electron chi connectivity index (χ0n) is 17.8. The summed E-state index contributed by atoms with van der Waals surface area (Å²) in [5, 5.41) is 4.68. The van der Waals surface area contributed by atoms with Crippen molar-refractivity contribution in [1.29, 1.82) is 0 Å². The van der Waals surface area contributed by atoms with E-state index >= 15 is 0 Å². The largest absolute Gasteiger partial charge is 0.495 e. The first-order valence-electron chi connectivity index (χ1n) is 10.6. The number of benzene rings is 2. The average Bonchev–Trinajstić information content (AvgIpc) is 3.43. The predicted octanol–water partition coefficient (Wildman–Crippen LogP) is 4.68. The van der Waals surface area contributed by atoms with Gasteiger partial charge in [-0.1, -0.05) is 42.5 Å². The molecule has 31 heavy (non-hydrogen) atoms. The minimum absolute atomic E-state index is 0.512. The summed E-state index contributed by atoms with van der Waals surface area (Å²) in [6.07, 6.45) is 9.80. The van der Waals surface area contributed by atoms with Crippen LogP contribution in [0.5, 0.6) is 5.75 Å². The van der Waals surface area contributed by atoms with E-state index in [0.29, 0.717) is 5.92 Å². The third-order valence-corrected chi connectivity index (χ3v) is 5.77. The molecule has 1 aliphatic rings. The van der Waals surface area contributed by atoms with Crippen molar-refractivity contribution < 1.29 is 4.74 Å². The van der Waals surface area contributed by atoms with Crippen LogP contribution in [0, 0.1) is 6.92 Å². The summed E-state index contributed by atoms with van der Waals surface area (Å²) < 4.78 is 9.62. The van der Waals surface area contributed by atoms with Crippen LogP contribution in [0.25, 0.3) is 17.8 Å². The van der Waals surface area contributed by atoms with Crippen LogP contribution >= 0.6 is 0 Å². The molecule has 0 N–H and O–H groups in total. The Morgan fingerprint density at radius 2 is 1.97 bits per heavy atom. The molecule has 1 atom stereocenters. The molecular weight excluding hydrogens is 386 g/mol. The molecule has 0 bridgehead atoms. The number of methoxy groups -OCH3 is 1. The summed E-state index contributed by atoms with van der Waals surface area (Å²) in [7, 11) is 1.68. The highest BCUT2D eigenvalue weighted by Gasteiger charge is 2.22. The Bertz CT molecular complexity index is 1220. The maximum absolute atomic E-state index is 5.60. The lowest BCUT2D eigenvalue weighted by atomic mass is 9.90. The van der Waals surface area contributed by atoms with Crippen LogP contribution in [0.1, 0.15) is 40.8 Å². The maximum Gasteiger partial charge on any atom is 0.174 e. The molecule has 0 aliphatic carbocycles. The van der Waals surface area contributed by atoms with Gasteiger partial charge in [0.15, 0.2) is 5.82 Å². The molecule has 0 fully saturated rings. The van der Waals surface area contributed by atoms with Gasteiger partial charge in [-0.3, -0.25) is 0 Å². The molecule has 6 nitrogen and oxygen atoms in total. The quantitative estimate of drug-likeness (QED) is 0.478. The second-order valence-electron chi connectivity index (χ2n) is 7.90. The molecule has 2 aromatic carbocycles. The fourth-order valence-corrected chi connectivity index (χ4v) is 4.14. The highest BCUT2D eigenvalue weighted by Crippen LogP contribution is 2.29. The highest BCUT2D eigenvalue weighted by molar-refractivity contribution is 5.69. The molecule has 1 aliphatic heterocycles. The molecule has 156 valence electrons. The minimum Gasteiger partial charge on any atom is -0.495 e. The normalized spacial score (nSPS) is 15.9. The molecular formula is C25H25N5O. The Morgan fingerprint density at radius 3 is 2.74 bits per heavy atom. The van der Waals surface area contributed by atoms with Gasteiger partial charge in [0, 0.05) is 19.2 Å². The van der Waals surface area contributed by atoms with Gasteiger partial charge < -0.3 is 9.30 Å². The smallest absolute Gasteiger partial charge is 0.174 e. The van der Waals surface area contributed by atoms with Gasteiger partial charge in [0.2, 0.25) is 0 Å². The Labute approximate surface area is 181 Å². The van der Waals surface area contributed by atoms with Crippen LogP contribution in [0.2, 0.25) is 0 Å². The fraction of sp³-hybridized carbons (Fsp3) is 0.240. The van der Waals surface area contributed by atoms with E-state index < -0.39 is 0 Å². The number of nitrogens with zero attached hydrogens (tertiary/aromatic N) is 5. The monoisotopic (exact) mass is 411 g/mol. The maximum atomic E-state index is 5.60. The Balaban J connectivity index is 1.34. The van der Waals surface area contributed by atoms with Gasteiger partial charge in [0.05, 0.1) is 24.8 Å². The highest BCUT2D eigenvalue weighted by atomic mass is 16.5. The van der Waals surface area contributed by atoms with Crippen molar-refractivity contribution in [3.63, 3.8) is 0 Å². The van der Waals surface area contributed by atoms with Gasteiger partial charge in [-0.05, 0) is 48.6 Å². The van der Waals surface area contributed by atoms with E-state index in [0.717, 1.165) is 53.7 Å². The van der Waals surface area contributed by atoms with E-state index in [-0.39, 0.29) is 0 Å². The number of hydrogen-bond acceptors (Lipinski definition) is 4. The lowest BCUT2D eigenvalue weighted by molar-refractivity contribution is 0.413. The van der Waals surface area contributed by atoms with Crippen LogP contribution in [0.15, 0.2) is 61.1 Å². The fourth-order valence-electron chi connectivity index (χ4n) is 4.14. The minimum atomic E-state index is 0.512. The summed E-state index contributed by atoms with van der Waals surface area (Å²) in [6, 6.07) is 16.8. The Kier molecular flexibility index (Phi) is 5.12. The van der Waals surface area contributed by atoms with Gasteiger partial charge >= 0.3 is 0 Å². The van der Waals surface area contributed by atoms with Crippen LogP contribution in [-0.2, 0) is 13.0 Å². The van der Waals surface area contributed by atoms with Crippen molar-refractivity contribution in [2.75, 3.05) is 7.11 Å². The van der Waals surface area contributed by atoms with Gasteiger partial charge in [0.1, 0.15) is 11.6 Å². The molecule has 6 heteroatoms. The number of hydrogen-bond donors (Lipinski definition) is 0. The van der Waals surface area contributed by atoms with E-state index in [1.807, 2.05) is 46.7 Å². The second-order valence-corrected chi connectivity index (χ2v) is 7.90. The van der Waals surface area contributed by atoms with E-state index in [1.165, 1.54) is 5.56 Å². The first-order valence-corrected chi connectivity index (χ1v) is 10.6. The summed E-state index contributed by atoms with van der Waals surface area (Å²) in [6.45, 7) is 2.88. The number of aromatic nitrogens is 5. The molecule has 5 rings (SSSR count). The molecule has 2 aromatic heterocycles. The van der Waals surface area contributed by atoms with E-state index in [1.54, 1.807) is 13.4 Å². The molecule has 4 aromatic rings. The summed E-state index contributed by atoms with van der Waals surface area (Å²) in [4.78, 5) is 9.07. The second kappa shape index (κ2) is 8.22. The average molecular weight is 412 g/mol. The standard InChI is InChI=1S/C25H25N5O/c1-18-16-29(17-26-18)22-10-8-19(14-23(22)31-2)9-11-24-27-25-15-21(12-13-30(25)28-24)20-6-4-3-5-7-20/h3-11,14,16-17,21H,12-13,15H2,1-2H3/t21-/m0/s1. The van der Waals surface area contributed by atoms with Crippen LogP contribution < -0.4 is 4.74 Å². The van der Waals surface area contributed by atoms with Crippen molar-refractivity contribution in [3.8, 4) is 11.4 Å². The van der Waals surface area contributed by atoms with Crippen molar-refractivity contribution in [1.82, 2.24) is 24.3 Å². The zero-order valence-corrected chi connectivity index (χ0v) is 17.8. The van der Waals surface area contributed by atoms with Gasteiger partial charge in [0.25, 0.3) is 0 Å². The summed E-state index contributed by atoms with van der Waals surface area (Å²) >= 11 is 0. The van der Waals surface area contributed by atoms with Crippen molar-refractivity contribution in [2.24, 2.45) is 0 Å². The first kappa shape index (κ1) is 19.3. The van der Waals surface area contributed by atoms with Gasteiger partial charge in [-0.15, -0.1) is 0 Å². The van der Waals surface area contributed by atoms with Crippen LogP contribution in [0.4, 0.5) is 0 Å². The van der Waals surface area contributed by atoms with Crippen molar-refractivity contribution in [2.45, 2.75) is 32.2 Å². The molecule has 0 amide bonds. The van der Waals surface area contributed by atoms with Crippen molar-refractivity contribution >= 4 is 12.2 Å². The van der Waals surface area contributed by atoms with Crippen molar-refractivity contribution in [3.05, 3.63) is 89.5 Å². The molecule has 3 heterocycles. The molecule has 0 radical (unpaired) electrons. The lowest BCUT2D eigenvalue weighted by Crippen LogP contribution is -2.19. The molecule has 0 unspecified atom stereocenters. The van der Waals surface area contributed by atoms with Gasteiger partial charge in [-0.2, -0.15) is 5.10 Å². The van der Waals surface area contributed by atoms with Crippen LogP contribution in [0.3, 0.4) is 0 Å². The number of rotatable bonds is 5. The third kappa shape index (κ3) is 4.01. The number of imidazole rings is 1. The molecule has 0 spiro atoms. The third-order valence-electron chi connectivity index (χ3n) is 5.77. The molecule has 0 saturated heterocycles. The Morgan fingerprint density at radius 1 is 1.10 bits per heavy atom. The summed E-state index contributed by atoms with van der Waals surface area (Å²) in [5.41, 5.74) is 4.35. The number of ether oxygens (including phenoxy) is 1. The summed E-state index contributed by atoms with van der Waals surface area (Å²) in [5.74, 6) is 3.11. The predicted molar refractivity (Wildman–Crippen MR) is 121 cm³/mol. The van der Waals surface area contributed by atoms with Gasteiger partial charge in [-0.25, -0.2) is 14.6 Å².